The number of carbonyl (C=O) groups excluding carboxylic acids is 1. The Labute approximate surface area is 181 Å². The Bertz CT molecular complexity index is 952. The first-order valence-electron chi connectivity index (χ1n) is 10.0. The highest BCUT2D eigenvalue weighted by Gasteiger charge is 2.35. The van der Waals surface area contributed by atoms with Crippen LogP contribution in [0.3, 0.4) is 0 Å². The van der Waals surface area contributed by atoms with E-state index in [4.69, 9.17) is 0 Å². The average molecular weight is 413 g/mol. The normalized spacial score (nSPS) is 11.2. The molecule has 0 saturated carbocycles. The minimum atomic E-state index is -0.516. The van der Waals surface area contributed by atoms with E-state index in [1.807, 2.05) is 35.7 Å². The summed E-state index contributed by atoms with van der Waals surface area (Å²) < 4.78 is 0. The number of thiophene rings is 1. The molecule has 0 aliphatic heterocycles. The van der Waals surface area contributed by atoms with E-state index in [9.17, 15) is 4.79 Å². The van der Waals surface area contributed by atoms with Crippen molar-refractivity contribution in [2.45, 2.75) is 5.54 Å². The van der Waals surface area contributed by atoms with Crippen LogP contribution in [0, 0.1) is 0 Å². The predicted octanol–water partition coefficient (Wildman–Crippen LogP) is 5.06. The lowest BCUT2D eigenvalue weighted by atomic mass is 9.77. The maximum Gasteiger partial charge on any atom is 0.261 e. The quantitative estimate of drug-likeness (QED) is 0.314. The molecule has 150 valence electrons. The Morgan fingerprint density at radius 3 is 1.60 bits per heavy atom. The summed E-state index contributed by atoms with van der Waals surface area (Å²) in [6.07, 6.45) is 0. The Morgan fingerprint density at radius 1 is 0.667 bits per heavy atom. The van der Waals surface area contributed by atoms with Crippen molar-refractivity contribution in [1.82, 2.24) is 10.6 Å². The molecular formula is C26H24N2OS. The molecule has 0 unspecified atom stereocenters. The third kappa shape index (κ3) is 4.20. The first-order chi connectivity index (χ1) is 14.8. The van der Waals surface area contributed by atoms with Gasteiger partial charge in [-0.15, -0.1) is 11.3 Å². The van der Waals surface area contributed by atoms with Gasteiger partial charge in [-0.1, -0.05) is 97.1 Å². The van der Waals surface area contributed by atoms with E-state index in [1.165, 1.54) is 11.3 Å². The summed E-state index contributed by atoms with van der Waals surface area (Å²) in [6.45, 7) is 1.15. The van der Waals surface area contributed by atoms with Gasteiger partial charge in [-0.05, 0) is 28.1 Å². The van der Waals surface area contributed by atoms with E-state index in [0.717, 1.165) is 21.6 Å². The van der Waals surface area contributed by atoms with Gasteiger partial charge in [0.1, 0.15) is 0 Å². The summed E-state index contributed by atoms with van der Waals surface area (Å²) in [5.74, 6) is -0.0310. The fourth-order valence-corrected chi connectivity index (χ4v) is 4.43. The van der Waals surface area contributed by atoms with Crippen molar-refractivity contribution < 1.29 is 4.79 Å². The van der Waals surface area contributed by atoms with Gasteiger partial charge in [0.2, 0.25) is 0 Å². The maximum atomic E-state index is 12.3. The summed E-state index contributed by atoms with van der Waals surface area (Å²) in [6, 6.07) is 35.1. The van der Waals surface area contributed by atoms with E-state index < -0.39 is 5.54 Å². The Balaban J connectivity index is 1.65. The zero-order chi connectivity index (χ0) is 20.7. The van der Waals surface area contributed by atoms with Gasteiger partial charge in [-0.2, -0.15) is 0 Å². The molecule has 4 heteroatoms. The molecule has 0 radical (unpaired) electrons. The lowest BCUT2D eigenvalue weighted by Crippen LogP contribution is -2.47. The Hall–Kier alpha value is -3.21. The molecule has 1 aromatic heterocycles. The number of benzene rings is 3. The van der Waals surface area contributed by atoms with Crippen LogP contribution in [0.5, 0.6) is 0 Å². The van der Waals surface area contributed by atoms with E-state index in [0.29, 0.717) is 13.1 Å². The van der Waals surface area contributed by atoms with E-state index in [2.05, 4.69) is 83.4 Å². The molecule has 0 aliphatic rings. The summed E-state index contributed by atoms with van der Waals surface area (Å²) in [5, 5.41) is 8.71. The van der Waals surface area contributed by atoms with Gasteiger partial charge in [0.15, 0.2) is 0 Å². The molecule has 1 heterocycles. The van der Waals surface area contributed by atoms with Crippen LogP contribution in [0.1, 0.15) is 26.4 Å². The third-order valence-corrected chi connectivity index (χ3v) is 6.03. The van der Waals surface area contributed by atoms with Gasteiger partial charge in [-0.25, -0.2) is 0 Å². The van der Waals surface area contributed by atoms with Crippen molar-refractivity contribution in [2.24, 2.45) is 0 Å². The third-order valence-electron chi connectivity index (χ3n) is 5.17. The number of rotatable bonds is 8. The van der Waals surface area contributed by atoms with Gasteiger partial charge in [0.25, 0.3) is 5.91 Å². The molecule has 3 nitrogen and oxygen atoms in total. The molecular weight excluding hydrogens is 388 g/mol. The highest BCUT2D eigenvalue weighted by Crippen LogP contribution is 2.36. The van der Waals surface area contributed by atoms with Crippen LogP contribution in [0.2, 0.25) is 0 Å². The van der Waals surface area contributed by atoms with Crippen LogP contribution in [-0.2, 0) is 5.54 Å². The average Bonchev–Trinajstić information content (AvgIpc) is 3.36. The smallest absolute Gasteiger partial charge is 0.261 e. The van der Waals surface area contributed by atoms with Crippen LogP contribution in [-0.4, -0.2) is 19.0 Å². The second kappa shape index (κ2) is 9.53. The monoisotopic (exact) mass is 412 g/mol. The molecule has 4 rings (SSSR count). The standard InChI is InChI=1S/C26H24N2OS/c29-25(24-17-10-20-30-24)27-18-19-28-26(21-11-4-1-5-12-21,22-13-6-2-7-14-22)23-15-8-3-9-16-23/h1-17,20,28H,18-19H2,(H,27,29). The molecule has 0 fully saturated rings. The molecule has 0 atom stereocenters. The number of carbonyl (C=O) groups is 1. The fourth-order valence-electron chi connectivity index (χ4n) is 3.79. The van der Waals surface area contributed by atoms with Crippen molar-refractivity contribution in [3.8, 4) is 0 Å². The Kier molecular flexibility index (Phi) is 6.38. The minimum Gasteiger partial charge on any atom is -0.350 e. The van der Waals surface area contributed by atoms with Gasteiger partial charge < -0.3 is 5.32 Å². The van der Waals surface area contributed by atoms with Gasteiger partial charge >= 0.3 is 0 Å². The second-order valence-electron chi connectivity index (χ2n) is 7.01. The molecule has 30 heavy (non-hydrogen) atoms. The fraction of sp³-hybridized carbons (Fsp3) is 0.115. The first-order valence-corrected chi connectivity index (χ1v) is 10.9. The lowest BCUT2D eigenvalue weighted by molar-refractivity contribution is 0.0957. The number of hydrogen-bond donors (Lipinski definition) is 2. The van der Waals surface area contributed by atoms with E-state index in [1.54, 1.807) is 0 Å². The van der Waals surface area contributed by atoms with E-state index >= 15 is 0 Å². The molecule has 0 spiro atoms. The summed E-state index contributed by atoms with van der Waals surface area (Å²) in [4.78, 5) is 13.0. The molecule has 2 N–H and O–H groups in total. The largest absolute Gasteiger partial charge is 0.350 e. The summed E-state index contributed by atoms with van der Waals surface area (Å²) in [5.41, 5.74) is 2.96. The van der Waals surface area contributed by atoms with Crippen molar-refractivity contribution in [3.05, 3.63) is 130 Å². The SMILES string of the molecule is O=C(NCCNC(c1ccccc1)(c1ccccc1)c1ccccc1)c1cccs1. The van der Waals surface area contributed by atoms with Crippen LogP contribution in [0.15, 0.2) is 109 Å². The second-order valence-corrected chi connectivity index (χ2v) is 7.96. The first kappa shape index (κ1) is 20.1. The van der Waals surface area contributed by atoms with Gasteiger partial charge in [-0.3, -0.25) is 10.1 Å². The van der Waals surface area contributed by atoms with Gasteiger partial charge in [0.05, 0.1) is 10.4 Å². The zero-order valence-electron chi connectivity index (χ0n) is 16.6. The lowest BCUT2D eigenvalue weighted by Gasteiger charge is -2.37. The molecule has 0 aliphatic carbocycles. The molecule has 0 bridgehead atoms. The molecule has 4 aromatic rings. The highest BCUT2D eigenvalue weighted by atomic mass is 32.1. The highest BCUT2D eigenvalue weighted by molar-refractivity contribution is 7.12. The number of hydrogen-bond acceptors (Lipinski definition) is 3. The van der Waals surface area contributed by atoms with Crippen molar-refractivity contribution in [2.75, 3.05) is 13.1 Å². The Morgan fingerprint density at radius 2 is 1.17 bits per heavy atom. The minimum absolute atomic E-state index is 0.0310. The van der Waals surface area contributed by atoms with Crippen LogP contribution in [0.25, 0.3) is 0 Å². The summed E-state index contributed by atoms with van der Waals surface area (Å²) in [7, 11) is 0. The van der Waals surface area contributed by atoms with E-state index in [-0.39, 0.29) is 5.91 Å². The van der Waals surface area contributed by atoms with Crippen LogP contribution < -0.4 is 10.6 Å². The van der Waals surface area contributed by atoms with Crippen LogP contribution >= 0.6 is 11.3 Å². The molecule has 3 aromatic carbocycles. The maximum absolute atomic E-state index is 12.3. The summed E-state index contributed by atoms with van der Waals surface area (Å²) >= 11 is 1.45. The molecule has 0 saturated heterocycles. The van der Waals surface area contributed by atoms with Crippen LogP contribution in [0.4, 0.5) is 0 Å². The number of amides is 1. The van der Waals surface area contributed by atoms with Crippen molar-refractivity contribution >= 4 is 17.2 Å². The zero-order valence-corrected chi connectivity index (χ0v) is 17.4. The van der Waals surface area contributed by atoms with Crippen molar-refractivity contribution in [1.29, 1.82) is 0 Å². The molecule has 1 amide bonds. The number of nitrogens with one attached hydrogen (secondary N) is 2. The van der Waals surface area contributed by atoms with Crippen molar-refractivity contribution in [3.63, 3.8) is 0 Å². The van der Waals surface area contributed by atoms with Gasteiger partial charge in [0, 0.05) is 13.1 Å². The predicted molar refractivity (Wildman–Crippen MR) is 124 cm³/mol. The topological polar surface area (TPSA) is 41.1 Å².